The van der Waals surface area contributed by atoms with E-state index in [0.717, 1.165) is 0 Å². The summed E-state index contributed by atoms with van der Waals surface area (Å²) in [7, 11) is 1.50. The summed E-state index contributed by atoms with van der Waals surface area (Å²) in [6.45, 7) is 1.39. The zero-order chi connectivity index (χ0) is 21.3. The Morgan fingerprint density at radius 1 is 1.17 bits per heavy atom. The van der Waals surface area contributed by atoms with Crippen LogP contribution in [0, 0.1) is 6.92 Å². The molecule has 2 aromatic carbocycles. The average molecular weight is 408 g/mol. The van der Waals surface area contributed by atoms with Gasteiger partial charge in [0.2, 0.25) is 5.95 Å². The Balaban J connectivity index is 1.59. The highest BCUT2D eigenvalue weighted by Crippen LogP contribution is 2.27. The molecule has 0 aliphatic heterocycles. The van der Waals surface area contributed by atoms with Crippen molar-refractivity contribution in [3.63, 3.8) is 0 Å². The Kier molecular flexibility index (Phi) is 6.72. The van der Waals surface area contributed by atoms with Crippen molar-refractivity contribution in [3.8, 4) is 11.5 Å². The van der Waals surface area contributed by atoms with Crippen molar-refractivity contribution in [3.05, 3.63) is 70.1 Å². The predicted molar refractivity (Wildman–Crippen MR) is 112 cm³/mol. The number of para-hydroxylation sites is 1. The van der Waals surface area contributed by atoms with E-state index < -0.39 is 0 Å². The van der Waals surface area contributed by atoms with Crippen molar-refractivity contribution in [2.24, 2.45) is 5.10 Å². The molecule has 10 heteroatoms. The van der Waals surface area contributed by atoms with Gasteiger partial charge in [-0.1, -0.05) is 18.2 Å². The molecule has 0 saturated heterocycles. The Morgan fingerprint density at radius 3 is 2.70 bits per heavy atom. The van der Waals surface area contributed by atoms with Crippen molar-refractivity contribution in [1.29, 1.82) is 0 Å². The first-order valence-electron chi connectivity index (χ1n) is 8.93. The van der Waals surface area contributed by atoms with Crippen LogP contribution < -0.4 is 25.8 Å². The number of hydrogen-bond donors (Lipinski definition) is 3. The Hall–Kier alpha value is -4.21. The van der Waals surface area contributed by atoms with Gasteiger partial charge in [-0.3, -0.25) is 14.6 Å². The summed E-state index contributed by atoms with van der Waals surface area (Å²) < 4.78 is 10.9. The lowest BCUT2D eigenvalue weighted by Crippen LogP contribution is -2.20. The fourth-order valence-electron chi connectivity index (χ4n) is 2.36. The van der Waals surface area contributed by atoms with Crippen molar-refractivity contribution < 1.29 is 14.3 Å². The molecule has 0 fully saturated rings. The van der Waals surface area contributed by atoms with E-state index >= 15 is 0 Å². The smallest absolute Gasteiger partial charge is 0.274 e. The van der Waals surface area contributed by atoms with Crippen LogP contribution in [-0.2, 0) is 4.79 Å². The summed E-state index contributed by atoms with van der Waals surface area (Å²) in [4.78, 5) is 26.0. The van der Waals surface area contributed by atoms with Crippen LogP contribution in [0.1, 0.15) is 11.3 Å². The van der Waals surface area contributed by atoms with Gasteiger partial charge in [0, 0.05) is 5.69 Å². The number of hydrogen-bond acceptors (Lipinski definition) is 8. The van der Waals surface area contributed by atoms with Crippen molar-refractivity contribution in [1.82, 2.24) is 15.2 Å². The number of carbonyl (C=O) groups excluding carboxylic acids is 1. The summed E-state index contributed by atoms with van der Waals surface area (Å²) in [5.41, 5.74) is 3.90. The zero-order valence-electron chi connectivity index (χ0n) is 16.4. The molecule has 0 bridgehead atoms. The first kappa shape index (κ1) is 20.5. The number of anilines is 2. The number of methoxy groups -OCH3 is 1. The number of aryl methyl sites for hydroxylation is 1. The molecular formula is C20H20N6O4. The predicted octanol–water partition coefficient (Wildman–Crippen LogP) is 1.95. The third kappa shape index (κ3) is 5.64. The van der Waals surface area contributed by atoms with Crippen LogP contribution in [0.25, 0.3) is 0 Å². The molecule has 1 aromatic heterocycles. The quantitative estimate of drug-likeness (QED) is 0.383. The Morgan fingerprint density at radius 2 is 1.97 bits per heavy atom. The fourth-order valence-corrected chi connectivity index (χ4v) is 2.36. The van der Waals surface area contributed by atoms with Gasteiger partial charge in [0.1, 0.15) is 5.69 Å². The third-order valence-electron chi connectivity index (χ3n) is 3.85. The molecule has 30 heavy (non-hydrogen) atoms. The molecule has 3 N–H and O–H groups in total. The number of rotatable bonds is 8. The van der Waals surface area contributed by atoms with Crippen LogP contribution in [0.4, 0.5) is 11.6 Å². The van der Waals surface area contributed by atoms with Crippen molar-refractivity contribution in [2.45, 2.75) is 6.92 Å². The Labute approximate surface area is 172 Å². The monoisotopic (exact) mass is 408 g/mol. The molecule has 0 spiro atoms. The first-order chi connectivity index (χ1) is 14.5. The summed E-state index contributed by atoms with van der Waals surface area (Å²) in [6, 6.07) is 14.2. The summed E-state index contributed by atoms with van der Waals surface area (Å²) in [5.74, 6) is 0.694. The lowest BCUT2D eigenvalue weighted by molar-refractivity contribution is -0.118. The zero-order valence-corrected chi connectivity index (χ0v) is 16.4. The minimum absolute atomic E-state index is 0.123. The van der Waals surface area contributed by atoms with E-state index in [4.69, 9.17) is 9.47 Å². The minimum atomic E-state index is -0.345. The largest absolute Gasteiger partial charge is 0.493 e. The number of aromatic nitrogens is 3. The van der Waals surface area contributed by atoms with E-state index in [2.05, 4.69) is 31.0 Å². The minimum Gasteiger partial charge on any atom is -0.493 e. The third-order valence-corrected chi connectivity index (χ3v) is 3.85. The molecule has 10 nitrogen and oxygen atoms in total. The molecule has 0 saturated carbocycles. The number of aromatic amines is 1. The number of ether oxygens (including phenoxy) is 2. The second kappa shape index (κ2) is 9.82. The maximum Gasteiger partial charge on any atom is 0.274 e. The van der Waals surface area contributed by atoms with Crippen LogP contribution in [0.5, 0.6) is 11.5 Å². The topological polar surface area (TPSA) is 131 Å². The highest BCUT2D eigenvalue weighted by Gasteiger charge is 2.09. The Bertz CT molecular complexity index is 1100. The van der Waals surface area contributed by atoms with Crippen molar-refractivity contribution in [2.75, 3.05) is 24.5 Å². The van der Waals surface area contributed by atoms with E-state index in [1.807, 2.05) is 18.2 Å². The highest BCUT2D eigenvalue weighted by atomic mass is 16.5. The summed E-state index contributed by atoms with van der Waals surface area (Å²) in [6.07, 6.45) is 1.51. The van der Waals surface area contributed by atoms with Crippen LogP contribution in [0.2, 0.25) is 0 Å². The number of nitrogens with one attached hydrogen (secondary N) is 3. The average Bonchev–Trinajstić information content (AvgIpc) is 2.76. The lowest BCUT2D eigenvalue weighted by Gasteiger charge is -2.11. The second-order valence-electron chi connectivity index (χ2n) is 6.07. The van der Waals surface area contributed by atoms with Gasteiger partial charge in [0.05, 0.1) is 13.3 Å². The molecule has 0 unspecified atom stereocenters. The number of benzene rings is 2. The second-order valence-corrected chi connectivity index (χ2v) is 6.07. The van der Waals surface area contributed by atoms with E-state index in [1.54, 1.807) is 37.3 Å². The summed E-state index contributed by atoms with van der Waals surface area (Å²) in [5, 5.41) is 14.2. The molecule has 0 aliphatic carbocycles. The molecular weight excluding hydrogens is 388 g/mol. The van der Waals surface area contributed by atoms with Crippen LogP contribution >= 0.6 is 0 Å². The fraction of sp³-hybridized carbons (Fsp3) is 0.150. The van der Waals surface area contributed by atoms with Crippen LogP contribution in [0.3, 0.4) is 0 Å². The van der Waals surface area contributed by atoms with Gasteiger partial charge < -0.3 is 14.8 Å². The van der Waals surface area contributed by atoms with E-state index in [0.29, 0.717) is 22.7 Å². The molecule has 154 valence electrons. The van der Waals surface area contributed by atoms with Crippen molar-refractivity contribution >= 4 is 23.8 Å². The van der Waals surface area contributed by atoms with E-state index in [9.17, 15) is 9.59 Å². The lowest BCUT2D eigenvalue weighted by atomic mass is 10.2. The molecule has 1 heterocycles. The van der Waals surface area contributed by atoms with Gasteiger partial charge in [-0.15, -0.1) is 10.2 Å². The highest BCUT2D eigenvalue weighted by molar-refractivity contribution is 5.91. The van der Waals surface area contributed by atoms with Gasteiger partial charge >= 0.3 is 0 Å². The number of amides is 1. The maximum absolute atomic E-state index is 12.0. The standard InChI is InChI=1S/C20H20N6O4/c1-13-19(28)23-20(26-24-13)25-21-11-14-8-9-16(17(10-14)29-2)30-12-18(27)22-15-6-4-3-5-7-15/h3-11H,12H2,1-2H3,(H,22,27)(H2,23,25,26,28)/b21-11+. The van der Waals surface area contributed by atoms with Gasteiger partial charge in [0.25, 0.3) is 11.5 Å². The first-order valence-corrected chi connectivity index (χ1v) is 8.93. The van der Waals surface area contributed by atoms with Gasteiger partial charge in [-0.25, -0.2) is 5.43 Å². The molecule has 0 atom stereocenters. The molecule has 0 radical (unpaired) electrons. The van der Waals surface area contributed by atoms with Gasteiger partial charge in [-0.2, -0.15) is 5.10 Å². The molecule has 0 aliphatic rings. The molecule has 3 rings (SSSR count). The number of hydrazone groups is 1. The number of nitrogens with zero attached hydrogens (tertiary/aromatic N) is 3. The van der Waals surface area contributed by atoms with Crippen LogP contribution in [0.15, 0.2) is 58.4 Å². The molecule has 3 aromatic rings. The number of carbonyl (C=O) groups is 1. The van der Waals surface area contributed by atoms with Gasteiger partial charge in [-0.05, 0) is 42.8 Å². The molecule has 1 amide bonds. The number of H-pyrrole nitrogens is 1. The van der Waals surface area contributed by atoms with Gasteiger partial charge in [0.15, 0.2) is 18.1 Å². The summed E-state index contributed by atoms with van der Waals surface area (Å²) >= 11 is 0. The van der Waals surface area contributed by atoms with E-state index in [-0.39, 0.29) is 29.7 Å². The normalized spacial score (nSPS) is 10.6. The van der Waals surface area contributed by atoms with Crippen LogP contribution in [-0.4, -0.2) is 41.0 Å². The maximum atomic E-state index is 12.0. The SMILES string of the molecule is COc1cc(/C=N/Nc2nnc(C)c(=O)[nH]2)ccc1OCC(=O)Nc1ccccc1. The van der Waals surface area contributed by atoms with E-state index in [1.165, 1.54) is 13.3 Å².